The predicted molar refractivity (Wildman–Crippen MR) is 120 cm³/mol. The summed E-state index contributed by atoms with van der Waals surface area (Å²) in [5.74, 6) is 2.53. The van der Waals surface area contributed by atoms with Gasteiger partial charge in [0, 0.05) is 5.92 Å². The van der Waals surface area contributed by atoms with Crippen molar-refractivity contribution in [2.45, 2.75) is 65.7 Å². The van der Waals surface area contributed by atoms with Gasteiger partial charge in [-0.05, 0) is 92.1 Å². The van der Waals surface area contributed by atoms with Crippen molar-refractivity contribution in [1.82, 2.24) is 0 Å². The van der Waals surface area contributed by atoms with E-state index in [1.54, 1.807) is 21.3 Å². The van der Waals surface area contributed by atoms with Crippen molar-refractivity contribution in [3.63, 3.8) is 0 Å². The molecule has 0 aromatic rings. The summed E-state index contributed by atoms with van der Waals surface area (Å²) in [6.07, 6.45) is 10.3. The van der Waals surface area contributed by atoms with E-state index in [4.69, 9.17) is 14.5 Å². The summed E-state index contributed by atoms with van der Waals surface area (Å²) in [7, 11) is 4.93. The Morgan fingerprint density at radius 3 is 2.43 bits per heavy atom. The first-order chi connectivity index (χ1) is 14.4. The Morgan fingerprint density at radius 2 is 1.73 bits per heavy atom. The highest BCUT2D eigenvalue weighted by Gasteiger charge is 2.60. The Bertz CT molecular complexity index is 802. The van der Waals surface area contributed by atoms with Gasteiger partial charge in [-0.3, -0.25) is 0 Å². The third kappa shape index (κ3) is 3.18. The van der Waals surface area contributed by atoms with E-state index < -0.39 is 0 Å². The summed E-state index contributed by atoms with van der Waals surface area (Å²) in [6.45, 7) is 7.11. The third-order valence-electron chi connectivity index (χ3n) is 8.97. The fraction of sp³-hybridized carbons (Fsp3) is 0.792. The molecule has 0 heterocycles. The first kappa shape index (κ1) is 21.4. The number of oxime groups is 3. The van der Waals surface area contributed by atoms with Crippen molar-refractivity contribution < 1.29 is 14.5 Å². The van der Waals surface area contributed by atoms with Gasteiger partial charge in [-0.2, -0.15) is 0 Å². The van der Waals surface area contributed by atoms with Gasteiger partial charge in [0.05, 0.1) is 17.1 Å². The topological polar surface area (TPSA) is 64.8 Å². The molecule has 0 amide bonds. The third-order valence-corrected chi connectivity index (χ3v) is 8.97. The van der Waals surface area contributed by atoms with Crippen molar-refractivity contribution in [2.24, 2.45) is 50.0 Å². The second-order valence-electron chi connectivity index (χ2n) is 10.1. The molecule has 6 nitrogen and oxygen atoms in total. The van der Waals surface area contributed by atoms with E-state index >= 15 is 0 Å². The van der Waals surface area contributed by atoms with E-state index in [2.05, 4.69) is 42.3 Å². The Hall–Kier alpha value is -1.85. The molecule has 0 aromatic heterocycles. The lowest BCUT2D eigenvalue weighted by Gasteiger charge is -2.58. The van der Waals surface area contributed by atoms with E-state index in [1.165, 1.54) is 31.3 Å². The molecule has 30 heavy (non-hydrogen) atoms. The number of hydrogen-bond donors (Lipinski definition) is 0. The first-order valence-corrected chi connectivity index (χ1v) is 11.4. The maximum Gasteiger partial charge on any atom is 0.106 e. The van der Waals surface area contributed by atoms with Crippen molar-refractivity contribution in [3.8, 4) is 0 Å². The molecule has 4 aliphatic rings. The molecule has 0 aliphatic heterocycles. The molecule has 0 aromatic carbocycles. The molecule has 0 unspecified atom stereocenters. The maximum absolute atomic E-state index is 5.32. The molecule has 0 spiro atoms. The van der Waals surface area contributed by atoms with Crippen molar-refractivity contribution in [3.05, 3.63) is 11.6 Å². The molecule has 166 valence electrons. The van der Waals surface area contributed by atoms with Gasteiger partial charge in [0.15, 0.2) is 0 Å². The largest absolute Gasteiger partial charge is 0.399 e. The number of nitrogens with zero attached hydrogens (tertiary/aromatic N) is 3. The fourth-order valence-electron chi connectivity index (χ4n) is 7.70. The van der Waals surface area contributed by atoms with Gasteiger partial charge in [0.1, 0.15) is 21.3 Å². The molecular formula is C24H37N3O3. The lowest BCUT2D eigenvalue weighted by molar-refractivity contribution is -0.0238. The molecule has 0 radical (unpaired) electrons. The van der Waals surface area contributed by atoms with Gasteiger partial charge in [-0.25, -0.2) is 0 Å². The molecular weight excluding hydrogens is 378 g/mol. The van der Waals surface area contributed by atoms with E-state index in [0.29, 0.717) is 29.1 Å². The minimum atomic E-state index is 0.127. The molecule has 4 aliphatic carbocycles. The molecule has 6 heteroatoms. The fourth-order valence-corrected chi connectivity index (χ4v) is 7.70. The smallest absolute Gasteiger partial charge is 0.106 e. The Labute approximate surface area is 180 Å². The van der Waals surface area contributed by atoms with Crippen LogP contribution in [-0.2, 0) is 14.5 Å². The highest BCUT2D eigenvalue weighted by Crippen LogP contribution is 2.66. The van der Waals surface area contributed by atoms with E-state index in [-0.39, 0.29) is 5.41 Å². The first-order valence-electron chi connectivity index (χ1n) is 11.4. The van der Waals surface area contributed by atoms with Gasteiger partial charge in [-0.15, -0.1) is 0 Å². The summed E-state index contributed by atoms with van der Waals surface area (Å²) in [4.78, 5) is 15.5. The molecule has 4 rings (SSSR count). The van der Waals surface area contributed by atoms with E-state index in [1.807, 2.05) is 0 Å². The lowest BCUT2D eigenvalue weighted by atomic mass is 9.46. The summed E-state index contributed by atoms with van der Waals surface area (Å²) >= 11 is 0. The molecule has 3 fully saturated rings. The van der Waals surface area contributed by atoms with Crippen LogP contribution in [0.1, 0.15) is 65.7 Å². The quantitative estimate of drug-likeness (QED) is 0.468. The SMILES string of the molecule is CO/N=C1C=C2/C(=N\OC)C[C@H]3[C@@H]4CC[C@H](/C(C)=N/OC)[C@@]4(C)CC[C@@H]3[C@@]2(C)CC\1. The molecule has 0 bridgehead atoms. The summed E-state index contributed by atoms with van der Waals surface area (Å²) in [5, 5.41) is 13.1. The van der Waals surface area contributed by atoms with Crippen LogP contribution in [0.5, 0.6) is 0 Å². The summed E-state index contributed by atoms with van der Waals surface area (Å²) in [5.41, 5.74) is 5.03. The van der Waals surface area contributed by atoms with Crippen LogP contribution in [0.4, 0.5) is 0 Å². The molecule has 6 atom stereocenters. The van der Waals surface area contributed by atoms with Gasteiger partial charge in [0.25, 0.3) is 0 Å². The molecule has 0 saturated heterocycles. The van der Waals surface area contributed by atoms with E-state index in [0.717, 1.165) is 36.4 Å². The van der Waals surface area contributed by atoms with Gasteiger partial charge in [-0.1, -0.05) is 29.3 Å². The highest BCUT2D eigenvalue weighted by atomic mass is 16.6. The summed E-state index contributed by atoms with van der Waals surface area (Å²) < 4.78 is 0. The Kier molecular flexibility index (Phi) is 5.71. The molecule has 0 N–H and O–H groups in total. The number of fused-ring (bicyclic) bond motifs is 5. The number of rotatable bonds is 4. The molecule has 3 saturated carbocycles. The van der Waals surface area contributed by atoms with Crippen LogP contribution in [0.3, 0.4) is 0 Å². The van der Waals surface area contributed by atoms with Crippen LogP contribution in [0, 0.1) is 34.5 Å². The van der Waals surface area contributed by atoms with Crippen LogP contribution in [0.25, 0.3) is 0 Å². The Morgan fingerprint density at radius 1 is 0.967 bits per heavy atom. The minimum absolute atomic E-state index is 0.127. The van der Waals surface area contributed by atoms with E-state index in [9.17, 15) is 0 Å². The van der Waals surface area contributed by atoms with Gasteiger partial charge < -0.3 is 14.5 Å². The van der Waals surface area contributed by atoms with Crippen molar-refractivity contribution >= 4 is 17.1 Å². The minimum Gasteiger partial charge on any atom is -0.399 e. The second kappa shape index (κ2) is 8.01. The van der Waals surface area contributed by atoms with Crippen LogP contribution in [-0.4, -0.2) is 38.5 Å². The maximum atomic E-state index is 5.32. The van der Waals surface area contributed by atoms with Gasteiger partial charge >= 0.3 is 0 Å². The average Bonchev–Trinajstić information content (AvgIpc) is 3.07. The highest BCUT2D eigenvalue weighted by molar-refractivity contribution is 6.09. The number of hydrogen-bond acceptors (Lipinski definition) is 6. The summed E-state index contributed by atoms with van der Waals surface area (Å²) in [6, 6.07) is 0. The zero-order chi connectivity index (χ0) is 21.5. The lowest BCUT2D eigenvalue weighted by Crippen LogP contribution is -2.53. The van der Waals surface area contributed by atoms with Gasteiger partial charge in [0.2, 0.25) is 0 Å². The van der Waals surface area contributed by atoms with Crippen LogP contribution in [0.2, 0.25) is 0 Å². The number of allylic oxidation sites excluding steroid dienone is 2. The standard InChI is InChI=1S/C24H37N3O3/c1-15(25-28-4)18-7-8-19-17-14-22(27-30-6)21-13-16(26-29-5)9-11-24(21,3)20(17)10-12-23(18,19)2/h13,17-20H,7-12,14H2,1-6H3/b25-15+,26-16-,27-22-/t17-,18+,19-,20-,23+,24+/m0/s1. The monoisotopic (exact) mass is 415 g/mol. The zero-order valence-electron chi connectivity index (χ0n) is 19.4. The normalized spacial score (nSPS) is 43.5. The zero-order valence-corrected chi connectivity index (χ0v) is 19.4. The van der Waals surface area contributed by atoms with Crippen LogP contribution in [0.15, 0.2) is 27.1 Å². The predicted octanol–water partition coefficient (Wildman–Crippen LogP) is 5.20. The second-order valence-corrected chi connectivity index (χ2v) is 10.1. The van der Waals surface area contributed by atoms with Crippen LogP contribution < -0.4 is 0 Å². The van der Waals surface area contributed by atoms with Crippen molar-refractivity contribution in [2.75, 3.05) is 21.3 Å². The van der Waals surface area contributed by atoms with Crippen molar-refractivity contribution in [1.29, 1.82) is 0 Å². The van der Waals surface area contributed by atoms with Crippen LogP contribution >= 0.6 is 0 Å². The Balaban J connectivity index is 1.71. The average molecular weight is 416 g/mol.